The zero-order chi connectivity index (χ0) is 15.7. The molecule has 1 aliphatic heterocycles. The first-order valence-corrected chi connectivity index (χ1v) is 7.97. The lowest BCUT2D eigenvalue weighted by atomic mass is 10.1. The number of pyridine rings is 1. The maximum absolute atomic E-state index is 4.54. The van der Waals surface area contributed by atoms with Gasteiger partial charge in [0.2, 0.25) is 0 Å². The number of aryl methyl sites for hydroxylation is 2. The van der Waals surface area contributed by atoms with Gasteiger partial charge in [-0.3, -0.25) is 14.6 Å². The number of rotatable bonds is 3. The van der Waals surface area contributed by atoms with Crippen molar-refractivity contribution in [3.63, 3.8) is 0 Å². The first-order valence-electron chi connectivity index (χ1n) is 7.97. The van der Waals surface area contributed by atoms with Crippen molar-refractivity contribution in [3.05, 3.63) is 41.5 Å². The fourth-order valence-electron chi connectivity index (χ4n) is 3.41. The standard InChI is InChI=1S/C17H25N5/c1-13-17(15(3)20(4)19-13)22-11-9-21(10-12-22)14(2)16-5-7-18-8-6-16/h5-8,14H,9-12H2,1-4H3. The van der Waals surface area contributed by atoms with E-state index in [9.17, 15) is 0 Å². The molecule has 0 N–H and O–H groups in total. The average molecular weight is 299 g/mol. The maximum Gasteiger partial charge on any atom is 0.0829 e. The Morgan fingerprint density at radius 1 is 1.05 bits per heavy atom. The SMILES string of the molecule is Cc1nn(C)c(C)c1N1CCN(C(C)c2ccncc2)CC1. The summed E-state index contributed by atoms with van der Waals surface area (Å²) in [5.41, 5.74) is 5.06. The fraction of sp³-hybridized carbons (Fsp3) is 0.529. The molecule has 2 aromatic rings. The van der Waals surface area contributed by atoms with Crippen LogP contribution in [0.4, 0.5) is 5.69 Å². The van der Waals surface area contributed by atoms with Gasteiger partial charge in [-0.1, -0.05) is 0 Å². The van der Waals surface area contributed by atoms with Gasteiger partial charge < -0.3 is 4.90 Å². The van der Waals surface area contributed by atoms with Crippen LogP contribution in [-0.2, 0) is 7.05 Å². The van der Waals surface area contributed by atoms with Crippen molar-refractivity contribution in [2.75, 3.05) is 31.1 Å². The van der Waals surface area contributed by atoms with Crippen molar-refractivity contribution in [2.45, 2.75) is 26.8 Å². The number of hydrogen-bond donors (Lipinski definition) is 0. The molecule has 0 bridgehead atoms. The average Bonchev–Trinajstić information content (AvgIpc) is 2.80. The molecule has 0 radical (unpaired) electrons. The predicted molar refractivity (Wildman–Crippen MR) is 89.1 cm³/mol. The van der Waals surface area contributed by atoms with E-state index >= 15 is 0 Å². The minimum atomic E-state index is 0.446. The molecule has 22 heavy (non-hydrogen) atoms. The summed E-state index contributed by atoms with van der Waals surface area (Å²) in [7, 11) is 2.02. The highest BCUT2D eigenvalue weighted by Gasteiger charge is 2.25. The van der Waals surface area contributed by atoms with E-state index in [1.54, 1.807) is 0 Å². The minimum Gasteiger partial charge on any atom is -0.366 e. The van der Waals surface area contributed by atoms with Gasteiger partial charge in [-0.05, 0) is 38.5 Å². The van der Waals surface area contributed by atoms with Crippen LogP contribution in [0.5, 0.6) is 0 Å². The number of hydrogen-bond acceptors (Lipinski definition) is 4. The van der Waals surface area contributed by atoms with Gasteiger partial charge in [0, 0.05) is 51.7 Å². The molecule has 0 aliphatic carbocycles. The summed E-state index contributed by atoms with van der Waals surface area (Å²) >= 11 is 0. The van der Waals surface area contributed by atoms with Crippen LogP contribution in [0.15, 0.2) is 24.5 Å². The smallest absolute Gasteiger partial charge is 0.0829 e. The van der Waals surface area contributed by atoms with Crippen molar-refractivity contribution in [1.82, 2.24) is 19.7 Å². The third-order valence-electron chi connectivity index (χ3n) is 4.84. The van der Waals surface area contributed by atoms with E-state index in [4.69, 9.17) is 0 Å². The molecular weight excluding hydrogens is 274 g/mol. The summed E-state index contributed by atoms with van der Waals surface area (Å²) in [6.45, 7) is 10.8. The summed E-state index contributed by atoms with van der Waals surface area (Å²) in [6, 6.07) is 4.68. The highest BCUT2D eigenvalue weighted by Crippen LogP contribution is 2.27. The van der Waals surface area contributed by atoms with Crippen LogP contribution in [-0.4, -0.2) is 45.8 Å². The molecule has 1 aliphatic rings. The van der Waals surface area contributed by atoms with Crippen molar-refractivity contribution in [1.29, 1.82) is 0 Å². The lowest BCUT2D eigenvalue weighted by molar-refractivity contribution is 0.198. The Hall–Kier alpha value is -1.88. The van der Waals surface area contributed by atoms with E-state index in [2.05, 4.69) is 52.8 Å². The van der Waals surface area contributed by atoms with Crippen LogP contribution in [0.25, 0.3) is 0 Å². The van der Waals surface area contributed by atoms with Gasteiger partial charge in [0.25, 0.3) is 0 Å². The largest absolute Gasteiger partial charge is 0.366 e. The van der Waals surface area contributed by atoms with Crippen LogP contribution in [0.3, 0.4) is 0 Å². The van der Waals surface area contributed by atoms with E-state index in [-0.39, 0.29) is 0 Å². The first kappa shape index (κ1) is 15.0. The van der Waals surface area contributed by atoms with E-state index in [1.165, 1.54) is 16.9 Å². The Labute approximate surface area is 132 Å². The second-order valence-electron chi connectivity index (χ2n) is 6.12. The van der Waals surface area contributed by atoms with Gasteiger partial charge in [0.15, 0.2) is 0 Å². The highest BCUT2D eigenvalue weighted by molar-refractivity contribution is 5.55. The molecule has 5 heteroatoms. The Morgan fingerprint density at radius 3 is 2.23 bits per heavy atom. The molecule has 3 heterocycles. The second kappa shape index (κ2) is 6.08. The van der Waals surface area contributed by atoms with Gasteiger partial charge in [0.1, 0.15) is 0 Å². The molecule has 1 saturated heterocycles. The van der Waals surface area contributed by atoms with Crippen LogP contribution < -0.4 is 4.90 Å². The third kappa shape index (κ3) is 2.73. The third-order valence-corrected chi connectivity index (χ3v) is 4.84. The number of piperazine rings is 1. The Balaban J connectivity index is 1.68. The van der Waals surface area contributed by atoms with Crippen molar-refractivity contribution < 1.29 is 0 Å². The van der Waals surface area contributed by atoms with Gasteiger partial charge >= 0.3 is 0 Å². The Kier molecular flexibility index (Phi) is 4.16. The van der Waals surface area contributed by atoms with E-state index in [0.717, 1.165) is 31.9 Å². The molecule has 0 spiro atoms. The van der Waals surface area contributed by atoms with Crippen LogP contribution in [0, 0.1) is 13.8 Å². The normalized spacial score (nSPS) is 17.7. The summed E-state index contributed by atoms with van der Waals surface area (Å²) in [5.74, 6) is 0. The maximum atomic E-state index is 4.54. The molecule has 118 valence electrons. The van der Waals surface area contributed by atoms with E-state index in [0.29, 0.717) is 6.04 Å². The molecular formula is C17H25N5. The molecule has 0 saturated carbocycles. The molecule has 5 nitrogen and oxygen atoms in total. The monoisotopic (exact) mass is 299 g/mol. The van der Waals surface area contributed by atoms with Crippen molar-refractivity contribution in [3.8, 4) is 0 Å². The molecule has 1 fully saturated rings. The summed E-state index contributed by atoms with van der Waals surface area (Å²) in [4.78, 5) is 9.14. The number of aromatic nitrogens is 3. The van der Waals surface area contributed by atoms with Gasteiger partial charge in [-0.25, -0.2) is 0 Å². The molecule has 1 unspecified atom stereocenters. The molecule has 0 aromatic carbocycles. The van der Waals surface area contributed by atoms with Gasteiger partial charge in [-0.15, -0.1) is 0 Å². The summed E-state index contributed by atoms with van der Waals surface area (Å²) in [5, 5.41) is 4.54. The summed E-state index contributed by atoms with van der Waals surface area (Å²) < 4.78 is 1.98. The molecule has 1 atom stereocenters. The topological polar surface area (TPSA) is 37.2 Å². The quantitative estimate of drug-likeness (QED) is 0.871. The van der Waals surface area contributed by atoms with Crippen LogP contribution in [0.1, 0.15) is 29.9 Å². The predicted octanol–water partition coefficient (Wildman–Crippen LogP) is 2.32. The zero-order valence-electron chi connectivity index (χ0n) is 14.0. The van der Waals surface area contributed by atoms with E-state index in [1.807, 2.05) is 24.1 Å². The molecule has 0 amide bonds. The van der Waals surface area contributed by atoms with Crippen molar-refractivity contribution in [2.24, 2.45) is 7.05 Å². The highest BCUT2D eigenvalue weighted by atomic mass is 15.3. The molecule has 3 rings (SSSR count). The van der Waals surface area contributed by atoms with E-state index < -0.39 is 0 Å². The van der Waals surface area contributed by atoms with Gasteiger partial charge in [0.05, 0.1) is 17.1 Å². The summed E-state index contributed by atoms with van der Waals surface area (Å²) in [6.07, 6.45) is 3.76. The number of anilines is 1. The molecule has 2 aromatic heterocycles. The lowest BCUT2D eigenvalue weighted by Gasteiger charge is -2.39. The van der Waals surface area contributed by atoms with Gasteiger partial charge in [-0.2, -0.15) is 5.10 Å². The minimum absolute atomic E-state index is 0.446. The zero-order valence-corrected chi connectivity index (χ0v) is 14.0. The lowest BCUT2D eigenvalue weighted by Crippen LogP contribution is -2.47. The number of nitrogens with zero attached hydrogens (tertiary/aromatic N) is 5. The first-order chi connectivity index (χ1) is 10.6. The fourth-order valence-corrected chi connectivity index (χ4v) is 3.41. The van der Waals surface area contributed by atoms with Crippen molar-refractivity contribution >= 4 is 5.69 Å². The Morgan fingerprint density at radius 2 is 1.68 bits per heavy atom. The van der Waals surface area contributed by atoms with Crippen LogP contribution >= 0.6 is 0 Å². The Bertz CT molecular complexity index is 626. The second-order valence-corrected chi connectivity index (χ2v) is 6.12. The van der Waals surface area contributed by atoms with Crippen LogP contribution in [0.2, 0.25) is 0 Å².